The molecular formula is C23H33F3N4O3. The molecule has 7 nitrogen and oxygen atoms in total. The summed E-state index contributed by atoms with van der Waals surface area (Å²) in [5.41, 5.74) is 0.891. The summed E-state index contributed by atoms with van der Waals surface area (Å²) in [5.74, 6) is -0.152. The Hall–Kier alpha value is -2.49. The van der Waals surface area contributed by atoms with E-state index in [0.29, 0.717) is 52.1 Å². The van der Waals surface area contributed by atoms with Crippen molar-refractivity contribution >= 4 is 11.9 Å². The number of alkyl halides is 3. The van der Waals surface area contributed by atoms with Crippen molar-refractivity contribution in [3.8, 4) is 5.75 Å². The maximum Gasteiger partial charge on any atom is 0.573 e. The smallest absolute Gasteiger partial charge is 0.406 e. The monoisotopic (exact) mass is 470 g/mol. The number of nitrogens with zero attached hydrogens (tertiary/aromatic N) is 2. The van der Waals surface area contributed by atoms with Crippen LogP contribution in [0.15, 0.2) is 24.3 Å². The van der Waals surface area contributed by atoms with Gasteiger partial charge in [-0.15, -0.1) is 13.2 Å². The molecule has 1 heterocycles. The highest BCUT2D eigenvalue weighted by molar-refractivity contribution is 5.76. The number of hydrogen-bond donors (Lipinski definition) is 2. The van der Waals surface area contributed by atoms with Crippen LogP contribution >= 0.6 is 0 Å². The lowest BCUT2D eigenvalue weighted by molar-refractivity contribution is -0.274. The van der Waals surface area contributed by atoms with E-state index in [1.165, 1.54) is 18.6 Å². The zero-order chi connectivity index (χ0) is 23.7. The average Bonchev–Trinajstić information content (AvgIpc) is 2.78. The molecule has 184 valence electrons. The van der Waals surface area contributed by atoms with E-state index in [1.807, 2.05) is 4.90 Å². The molecule has 0 radical (unpaired) electrons. The van der Waals surface area contributed by atoms with Crippen molar-refractivity contribution in [2.45, 2.75) is 63.9 Å². The third-order valence-electron chi connectivity index (χ3n) is 6.08. The van der Waals surface area contributed by atoms with Gasteiger partial charge in [0.15, 0.2) is 0 Å². The van der Waals surface area contributed by atoms with E-state index in [9.17, 15) is 22.8 Å². The van der Waals surface area contributed by atoms with Crippen molar-refractivity contribution in [3.05, 3.63) is 29.8 Å². The lowest BCUT2D eigenvalue weighted by Crippen LogP contribution is -2.48. The number of benzene rings is 1. The maximum absolute atomic E-state index is 12.4. The minimum absolute atomic E-state index is 0.0813. The number of rotatable bonds is 8. The molecule has 1 aliphatic heterocycles. The Morgan fingerprint density at radius 1 is 1.00 bits per heavy atom. The van der Waals surface area contributed by atoms with E-state index >= 15 is 0 Å². The highest BCUT2D eigenvalue weighted by Crippen LogP contribution is 2.23. The second kappa shape index (κ2) is 12.1. The Bertz CT molecular complexity index is 759. The number of carbonyl (C=O) groups excluding carboxylic acids is 2. The molecule has 1 aromatic rings. The normalized spacial score (nSPS) is 18.1. The topological polar surface area (TPSA) is 73.9 Å². The number of carbonyl (C=O) groups is 2. The molecule has 2 aliphatic rings. The first-order valence-corrected chi connectivity index (χ1v) is 11.7. The first-order valence-electron chi connectivity index (χ1n) is 11.7. The average molecular weight is 471 g/mol. The van der Waals surface area contributed by atoms with Gasteiger partial charge in [0.1, 0.15) is 5.75 Å². The second-order valence-electron chi connectivity index (χ2n) is 8.69. The van der Waals surface area contributed by atoms with Crippen molar-refractivity contribution in [2.24, 2.45) is 0 Å². The lowest BCUT2D eigenvalue weighted by Gasteiger charge is -2.35. The summed E-state index contributed by atoms with van der Waals surface area (Å²) in [6.45, 7) is 3.71. The highest BCUT2D eigenvalue weighted by Gasteiger charge is 2.31. The molecule has 0 atom stereocenters. The van der Waals surface area contributed by atoms with E-state index < -0.39 is 6.36 Å². The van der Waals surface area contributed by atoms with Gasteiger partial charge in [-0.1, -0.05) is 31.4 Å². The molecule has 1 saturated heterocycles. The van der Waals surface area contributed by atoms with Crippen LogP contribution in [0.4, 0.5) is 18.0 Å². The van der Waals surface area contributed by atoms with E-state index in [-0.39, 0.29) is 23.7 Å². The molecule has 0 aromatic heterocycles. The van der Waals surface area contributed by atoms with Gasteiger partial charge in [-0.25, -0.2) is 4.79 Å². The third-order valence-corrected chi connectivity index (χ3v) is 6.08. The molecule has 33 heavy (non-hydrogen) atoms. The number of ether oxygens (including phenoxy) is 1. The van der Waals surface area contributed by atoms with Crippen molar-refractivity contribution < 1.29 is 27.5 Å². The Kier molecular flexibility index (Phi) is 9.22. The quantitative estimate of drug-likeness (QED) is 0.569. The highest BCUT2D eigenvalue weighted by atomic mass is 19.4. The van der Waals surface area contributed by atoms with Crippen LogP contribution < -0.4 is 15.4 Å². The molecule has 1 aromatic carbocycles. The molecule has 0 unspecified atom stereocenters. The number of halogens is 3. The molecule has 0 spiro atoms. The molecule has 0 bridgehead atoms. The van der Waals surface area contributed by atoms with Gasteiger partial charge in [-0.2, -0.15) is 0 Å². The standard InChI is InChI=1S/C23H33F3N4O3/c24-23(25,26)33-20-10-8-18(9-11-20)17-29-13-15-30(16-14-29)21(31)7-4-12-27-22(32)28-19-5-2-1-3-6-19/h8-11,19H,1-7,12-17H2,(H2,27,28,32). The number of amides is 3. The van der Waals surface area contributed by atoms with Crippen molar-refractivity contribution in [2.75, 3.05) is 32.7 Å². The van der Waals surface area contributed by atoms with Crippen molar-refractivity contribution in [1.82, 2.24) is 20.4 Å². The van der Waals surface area contributed by atoms with Gasteiger partial charge in [0.05, 0.1) is 0 Å². The molecule has 1 saturated carbocycles. The summed E-state index contributed by atoms with van der Waals surface area (Å²) >= 11 is 0. The van der Waals surface area contributed by atoms with Gasteiger partial charge in [0, 0.05) is 51.7 Å². The predicted molar refractivity (Wildman–Crippen MR) is 118 cm³/mol. The van der Waals surface area contributed by atoms with Gasteiger partial charge in [-0.3, -0.25) is 9.69 Å². The zero-order valence-corrected chi connectivity index (χ0v) is 18.8. The van der Waals surface area contributed by atoms with Crippen LogP contribution in [-0.4, -0.2) is 66.9 Å². The van der Waals surface area contributed by atoms with Crippen LogP contribution in [0.5, 0.6) is 5.75 Å². The van der Waals surface area contributed by atoms with E-state index in [1.54, 1.807) is 12.1 Å². The predicted octanol–water partition coefficient (Wildman–Crippen LogP) is 3.64. The van der Waals surface area contributed by atoms with Crippen LogP contribution in [-0.2, 0) is 11.3 Å². The Labute approximate surface area is 192 Å². The first kappa shape index (κ1) is 25.1. The Balaban J connectivity index is 1.28. The van der Waals surface area contributed by atoms with Crippen LogP contribution in [0.25, 0.3) is 0 Å². The van der Waals surface area contributed by atoms with Crippen LogP contribution in [0.1, 0.15) is 50.5 Å². The Morgan fingerprint density at radius 3 is 2.30 bits per heavy atom. The SMILES string of the molecule is O=C(NCCCC(=O)N1CCN(Cc2ccc(OC(F)(F)F)cc2)CC1)NC1CCCCC1. The van der Waals surface area contributed by atoms with Crippen LogP contribution in [0.3, 0.4) is 0 Å². The fourth-order valence-electron chi connectivity index (χ4n) is 4.29. The molecule has 10 heteroatoms. The summed E-state index contributed by atoms with van der Waals surface area (Å²) in [6, 6.07) is 5.98. The largest absolute Gasteiger partial charge is 0.573 e. The second-order valence-corrected chi connectivity index (χ2v) is 8.69. The minimum atomic E-state index is -4.69. The van der Waals surface area contributed by atoms with Crippen LogP contribution in [0.2, 0.25) is 0 Å². The lowest BCUT2D eigenvalue weighted by atomic mass is 9.96. The van der Waals surface area contributed by atoms with Crippen LogP contribution in [0, 0.1) is 0 Å². The molecule has 3 rings (SSSR count). The van der Waals surface area contributed by atoms with Gasteiger partial charge in [-0.05, 0) is 37.0 Å². The summed E-state index contributed by atoms with van der Waals surface area (Å²) < 4.78 is 40.6. The number of piperazine rings is 1. The number of hydrogen-bond acceptors (Lipinski definition) is 4. The van der Waals surface area contributed by atoms with Gasteiger partial charge in [0.25, 0.3) is 0 Å². The fraction of sp³-hybridized carbons (Fsp3) is 0.652. The number of nitrogens with one attached hydrogen (secondary N) is 2. The van der Waals surface area contributed by atoms with Gasteiger partial charge < -0.3 is 20.3 Å². The summed E-state index contributed by atoms with van der Waals surface area (Å²) in [7, 11) is 0. The van der Waals surface area contributed by atoms with Crippen molar-refractivity contribution in [1.29, 1.82) is 0 Å². The van der Waals surface area contributed by atoms with Gasteiger partial charge >= 0.3 is 12.4 Å². The molecule has 3 amide bonds. The zero-order valence-electron chi connectivity index (χ0n) is 18.8. The summed E-state index contributed by atoms with van der Waals surface area (Å²) in [4.78, 5) is 28.4. The summed E-state index contributed by atoms with van der Waals surface area (Å²) in [5, 5.41) is 5.84. The van der Waals surface area contributed by atoms with E-state index in [2.05, 4.69) is 20.3 Å². The first-order chi connectivity index (χ1) is 15.8. The molecule has 1 aliphatic carbocycles. The third kappa shape index (κ3) is 9.11. The fourth-order valence-corrected chi connectivity index (χ4v) is 4.29. The Morgan fingerprint density at radius 2 is 1.67 bits per heavy atom. The van der Waals surface area contributed by atoms with Gasteiger partial charge in [0.2, 0.25) is 5.91 Å². The van der Waals surface area contributed by atoms with E-state index in [0.717, 1.165) is 31.2 Å². The molecular weight excluding hydrogens is 437 g/mol. The van der Waals surface area contributed by atoms with Crippen molar-refractivity contribution in [3.63, 3.8) is 0 Å². The maximum atomic E-state index is 12.4. The van der Waals surface area contributed by atoms with E-state index in [4.69, 9.17) is 0 Å². The molecule has 2 N–H and O–H groups in total. The molecule has 2 fully saturated rings. The minimum Gasteiger partial charge on any atom is -0.406 e. The number of urea groups is 1. The summed E-state index contributed by atoms with van der Waals surface area (Å²) in [6.07, 6.45) is 1.94.